The first-order valence-electron chi connectivity index (χ1n) is 20.8. The number of carbonyl (C=O) groups excluding carboxylic acids is 1. The molecule has 0 saturated carbocycles. The second kappa shape index (κ2) is 20.9. The fourth-order valence-electron chi connectivity index (χ4n) is 7.10. The van der Waals surface area contributed by atoms with E-state index in [2.05, 4.69) is 6.58 Å². The molecule has 338 valence electrons. The van der Waals surface area contributed by atoms with E-state index in [1.807, 2.05) is 13.8 Å². The van der Waals surface area contributed by atoms with Crippen LogP contribution in [0.25, 0.3) is 44.2 Å². The number of fused-ring (bicyclic) bond motifs is 2. The lowest BCUT2D eigenvalue weighted by molar-refractivity contribution is -0.158. The van der Waals surface area contributed by atoms with Gasteiger partial charge in [0.15, 0.2) is 6.79 Å². The summed E-state index contributed by atoms with van der Waals surface area (Å²) in [6.45, 7) is 6.38. The summed E-state index contributed by atoms with van der Waals surface area (Å²) < 4.78 is 119. The summed E-state index contributed by atoms with van der Waals surface area (Å²) in [6, 6.07) is 19.4. The van der Waals surface area contributed by atoms with Crippen LogP contribution in [-0.2, 0) is 39.5 Å². The molecule has 0 fully saturated rings. The number of esters is 1. The average molecular weight is 893 g/mol. The SMILES string of the molecule is C=CC(=O)OCOC(COc1ccc2cc(-c3ccc(CCCCC)cc3C(F)(F)F)c(=O)oc2c1)COc1ccc2cc(-c3ccc(CCCCC)cc3C(F)(F)F)c(=O)oc2c1. The minimum Gasteiger partial charge on any atom is -0.491 e. The maximum atomic E-state index is 14.2. The number of hydrogen-bond acceptors (Lipinski definition) is 9. The van der Waals surface area contributed by atoms with Crippen LogP contribution in [0.5, 0.6) is 11.5 Å². The Hall–Kier alpha value is -6.35. The van der Waals surface area contributed by atoms with Gasteiger partial charge in [-0.05, 0) is 85.3 Å². The highest BCUT2D eigenvalue weighted by Gasteiger charge is 2.36. The predicted octanol–water partition coefficient (Wildman–Crippen LogP) is 12.3. The van der Waals surface area contributed by atoms with Crippen molar-refractivity contribution in [3.05, 3.63) is 141 Å². The second-order valence-corrected chi connectivity index (χ2v) is 15.2. The van der Waals surface area contributed by atoms with E-state index in [4.69, 9.17) is 27.8 Å². The van der Waals surface area contributed by atoms with E-state index >= 15 is 0 Å². The Bertz CT molecular complexity index is 2540. The fourth-order valence-corrected chi connectivity index (χ4v) is 7.10. The maximum Gasteiger partial charge on any atom is 0.417 e. The summed E-state index contributed by atoms with van der Waals surface area (Å²) in [5, 5.41) is 0.669. The maximum absolute atomic E-state index is 14.2. The summed E-state index contributed by atoms with van der Waals surface area (Å²) >= 11 is 0. The molecule has 0 aliphatic carbocycles. The molecule has 0 aliphatic rings. The number of hydrogen-bond donors (Lipinski definition) is 0. The first-order chi connectivity index (χ1) is 30.6. The van der Waals surface area contributed by atoms with E-state index in [-0.39, 0.29) is 58.1 Å². The third-order valence-corrected chi connectivity index (χ3v) is 10.5. The van der Waals surface area contributed by atoms with Gasteiger partial charge in [0.1, 0.15) is 42.0 Å². The molecule has 0 spiro atoms. The minimum absolute atomic E-state index is 0.0412. The lowest BCUT2D eigenvalue weighted by Crippen LogP contribution is -2.30. The Morgan fingerprint density at radius 2 is 1.08 bits per heavy atom. The third kappa shape index (κ3) is 12.0. The molecule has 9 nitrogen and oxygen atoms in total. The van der Waals surface area contributed by atoms with Gasteiger partial charge >= 0.3 is 29.6 Å². The Morgan fingerprint density at radius 1 is 0.625 bits per heavy atom. The normalized spacial score (nSPS) is 12.0. The van der Waals surface area contributed by atoms with Gasteiger partial charge in [-0.3, -0.25) is 0 Å². The summed E-state index contributed by atoms with van der Waals surface area (Å²) in [6.07, 6.45) is -3.40. The van der Waals surface area contributed by atoms with E-state index in [0.29, 0.717) is 34.7 Å². The van der Waals surface area contributed by atoms with Gasteiger partial charge in [-0.15, -0.1) is 0 Å². The third-order valence-electron chi connectivity index (χ3n) is 10.5. The molecule has 2 aromatic heterocycles. The van der Waals surface area contributed by atoms with Crippen molar-refractivity contribution < 1.29 is 58.9 Å². The summed E-state index contributed by atoms with van der Waals surface area (Å²) in [5.41, 5.74) is -3.79. The number of alkyl halides is 6. The number of ether oxygens (including phenoxy) is 4. The standard InChI is InChI=1S/C49H46F6O9/c1-4-7-9-11-30-13-19-37(41(21-30)48(50,51)52)39-23-32-15-17-34(25-43(32)63-46(39)57)59-27-36(61-29-62-45(56)6-3)28-60-35-18-16-33-24-40(47(58)64-44(33)26-35)38-20-14-31(12-10-8-5-2)22-42(38)49(53,54)55/h6,13-26,36H,3-5,7-12,27-29H2,1-2H3. The van der Waals surface area contributed by atoms with E-state index in [1.54, 1.807) is 12.1 Å². The Balaban J connectivity index is 1.18. The van der Waals surface area contributed by atoms with E-state index in [1.165, 1.54) is 60.7 Å². The highest BCUT2D eigenvalue weighted by molar-refractivity contribution is 5.85. The molecule has 0 atom stereocenters. The molecule has 15 heteroatoms. The molecule has 0 radical (unpaired) electrons. The van der Waals surface area contributed by atoms with Crippen molar-refractivity contribution >= 4 is 27.9 Å². The van der Waals surface area contributed by atoms with Crippen molar-refractivity contribution in [3.63, 3.8) is 0 Å². The van der Waals surface area contributed by atoms with Crippen molar-refractivity contribution in [1.29, 1.82) is 0 Å². The lowest BCUT2D eigenvalue weighted by atomic mass is 9.95. The number of rotatable bonds is 20. The van der Waals surface area contributed by atoms with Crippen molar-refractivity contribution in [2.75, 3.05) is 20.0 Å². The Kier molecular flexibility index (Phi) is 15.4. The number of unbranched alkanes of at least 4 members (excludes halogenated alkanes) is 4. The molecule has 4 aromatic carbocycles. The molecule has 0 amide bonds. The van der Waals surface area contributed by atoms with Crippen LogP contribution in [0.15, 0.2) is 116 Å². The number of carbonyl (C=O) groups is 1. The summed E-state index contributed by atoms with van der Waals surface area (Å²) in [5.74, 6) is -0.379. The monoisotopic (exact) mass is 892 g/mol. The zero-order valence-corrected chi connectivity index (χ0v) is 35.2. The second-order valence-electron chi connectivity index (χ2n) is 15.2. The van der Waals surface area contributed by atoms with Crippen LogP contribution < -0.4 is 20.7 Å². The van der Waals surface area contributed by atoms with Crippen molar-refractivity contribution in [2.45, 2.75) is 83.7 Å². The molecule has 2 heterocycles. The van der Waals surface area contributed by atoms with Crippen molar-refractivity contribution in [2.24, 2.45) is 0 Å². The molecule has 0 N–H and O–H groups in total. The van der Waals surface area contributed by atoms with Crippen molar-refractivity contribution in [3.8, 4) is 33.8 Å². The summed E-state index contributed by atoms with van der Waals surface area (Å²) in [7, 11) is 0. The van der Waals surface area contributed by atoms with E-state index in [0.717, 1.165) is 56.7 Å². The molecule has 0 bridgehead atoms. The molecule has 6 rings (SSSR count). The Morgan fingerprint density at radius 3 is 1.48 bits per heavy atom. The van der Waals surface area contributed by atoms with Gasteiger partial charge in [-0.2, -0.15) is 26.3 Å². The van der Waals surface area contributed by atoms with Gasteiger partial charge < -0.3 is 27.8 Å². The van der Waals surface area contributed by atoms with Crippen LogP contribution in [0.3, 0.4) is 0 Å². The number of aryl methyl sites for hydroxylation is 2. The predicted molar refractivity (Wildman–Crippen MR) is 229 cm³/mol. The summed E-state index contributed by atoms with van der Waals surface area (Å²) in [4.78, 5) is 38.0. The van der Waals surface area contributed by atoms with Crippen LogP contribution in [0.2, 0.25) is 0 Å². The van der Waals surface area contributed by atoms with Crippen molar-refractivity contribution in [1.82, 2.24) is 0 Å². The largest absolute Gasteiger partial charge is 0.491 e. The fraction of sp³-hybridized carbons (Fsp3) is 0.327. The first kappa shape index (κ1) is 47.1. The number of halogens is 6. The van der Waals surface area contributed by atoms with Gasteiger partial charge in [0, 0.05) is 40.1 Å². The van der Waals surface area contributed by atoms with Crippen LogP contribution in [0.4, 0.5) is 26.3 Å². The zero-order valence-electron chi connectivity index (χ0n) is 35.2. The van der Waals surface area contributed by atoms with Gasteiger partial charge in [0.25, 0.3) is 0 Å². The number of benzene rings is 4. The quantitative estimate of drug-likeness (QED) is 0.0184. The highest BCUT2D eigenvalue weighted by atomic mass is 19.4. The minimum atomic E-state index is -4.72. The topological polar surface area (TPSA) is 114 Å². The average Bonchev–Trinajstić information content (AvgIpc) is 3.26. The van der Waals surface area contributed by atoms with Crippen LogP contribution in [0, 0.1) is 0 Å². The zero-order chi connectivity index (χ0) is 46.0. The van der Waals surface area contributed by atoms with Gasteiger partial charge in [0.2, 0.25) is 0 Å². The first-order valence-corrected chi connectivity index (χ1v) is 20.8. The molecule has 6 aromatic rings. The highest BCUT2D eigenvalue weighted by Crippen LogP contribution is 2.39. The lowest BCUT2D eigenvalue weighted by Gasteiger charge is -2.19. The molecular weight excluding hydrogens is 847 g/mol. The Labute approximate surface area is 364 Å². The van der Waals surface area contributed by atoms with Crippen LogP contribution >= 0.6 is 0 Å². The van der Waals surface area contributed by atoms with Gasteiger partial charge in [0.05, 0.1) is 22.3 Å². The van der Waals surface area contributed by atoms with E-state index < -0.39 is 53.6 Å². The van der Waals surface area contributed by atoms with E-state index in [9.17, 15) is 40.7 Å². The smallest absolute Gasteiger partial charge is 0.417 e. The molecular formula is C49H46F6O9. The van der Waals surface area contributed by atoms with Crippen LogP contribution in [0.1, 0.15) is 74.6 Å². The van der Waals surface area contributed by atoms with Gasteiger partial charge in [-0.1, -0.05) is 70.4 Å². The van der Waals surface area contributed by atoms with Gasteiger partial charge in [-0.25, -0.2) is 14.4 Å². The molecule has 0 unspecified atom stereocenters. The molecule has 64 heavy (non-hydrogen) atoms. The molecule has 0 aliphatic heterocycles. The van der Waals surface area contributed by atoms with Crippen LogP contribution in [-0.4, -0.2) is 32.1 Å². The molecule has 0 saturated heterocycles.